The zero-order chi connectivity index (χ0) is 7.84. The Labute approximate surface area is 65.2 Å². The SMILES string of the molecule is C[C@@H]1CC(=O)c2ccoc2C1. The van der Waals surface area contributed by atoms with Gasteiger partial charge in [-0.1, -0.05) is 6.92 Å². The van der Waals surface area contributed by atoms with Gasteiger partial charge in [0.05, 0.1) is 11.8 Å². The van der Waals surface area contributed by atoms with Crippen LogP contribution in [-0.2, 0) is 6.42 Å². The Balaban J connectivity index is 2.44. The lowest BCUT2D eigenvalue weighted by molar-refractivity contribution is 0.0949. The number of furan rings is 1. The van der Waals surface area contributed by atoms with Crippen molar-refractivity contribution in [1.82, 2.24) is 0 Å². The highest BCUT2D eigenvalue weighted by Gasteiger charge is 2.24. The Bertz CT molecular complexity index is 286. The highest BCUT2D eigenvalue weighted by molar-refractivity contribution is 5.98. The first-order valence-corrected chi connectivity index (χ1v) is 3.87. The molecule has 2 rings (SSSR count). The van der Waals surface area contributed by atoms with E-state index < -0.39 is 0 Å². The first kappa shape index (κ1) is 6.65. The van der Waals surface area contributed by atoms with Gasteiger partial charge < -0.3 is 4.42 Å². The number of carbonyl (C=O) groups is 1. The molecule has 0 aliphatic heterocycles. The summed E-state index contributed by atoms with van der Waals surface area (Å²) >= 11 is 0. The molecule has 0 amide bonds. The normalized spacial score (nSPS) is 23.4. The highest BCUT2D eigenvalue weighted by Crippen LogP contribution is 2.25. The van der Waals surface area contributed by atoms with E-state index in [0.29, 0.717) is 12.3 Å². The molecule has 0 spiro atoms. The van der Waals surface area contributed by atoms with E-state index in [9.17, 15) is 4.79 Å². The van der Waals surface area contributed by atoms with Crippen molar-refractivity contribution in [3.05, 3.63) is 23.7 Å². The van der Waals surface area contributed by atoms with E-state index >= 15 is 0 Å². The second-order valence-corrected chi connectivity index (χ2v) is 3.19. The van der Waals surface area contributed by atoms with E-state index in [1.165, 1.54) is 0 Å². The number of Topliss-reactive ketones (excluding diaryl/α,β-unsaturated/α-hetero) is 1. The summed E-state index contributed by atoms with van der Waals surface area (Å²) < 4.78 is 5.18. The van der Waals surface area contributed by atoms with E-state index in [0.717, 1.165) is 17.7 Å². The largest absolute Gasteiger partial charge is 0.469 e. The highest BCUT2D eigenvalue weighted by atomic mass is 16.3. The topological polar surface area (TPSA) is 30.2 Å². The molecule has 1 heterocycles. The molecule has 1 aliphatic carbocycles. The molecule has 0 aromatic carbocycles. The van der Waals surface area contributed by atoms with Gasteiger partial charge in [-0.2, -0.15) is 0 Å². The van der Waals surface area contributed by atoms with E-state index in [-0.39, 0.29) is 5.78 Å². The fourth-order valence-electron chi connectivity index (χ4n) is 1.56. The van der Waals surface area contributed by atoms with Gasteiger partial charge in [0, 0.05) is 12.8 Å². The summed E-state index contributed by atoms with van der Waals surface area (Å²) in [5.74, 6) is 1.54. The third-order valence-electron chi connectivity index (χ3n) is 2.11. The number of hydrogen-bond acceptors (Lipinski definition) is 2. The molecule has 0 unspecified atom stereocenters. The molecule has 0 radical (unpaired) electrons. The van der Waals surface area contributed by atoms with Crippen molar-refractivity contribution < 1.29 is 9.21 Å². The van der Waals surface area contributed by atoms with Gasteiger partial charge in [0.15, 0.2) is 5.78 Å². The van der Waals surface area contributed by atoms with Crippen LogP contribution in [0.5, 0.6) is 0 Å². The molecular formula is C9H10O2. The maximum absolute atomic E-state index is 11.3. The molecule has 11 heavy (non-hydrogen) atoms. The molecule has 0 N–H and O–H groups in total. The molecule has 1 aromatic rings. The molecule has 2 heteroatoms. The van der Waals surface area contributed by atoms with Crippen LogP contribution in [0.1, 0.15) is 29.5 Å². The third-order valence-corrected chi connectivity index (χ3v) is 2.11. The van der Waals surface area contributed by atoms with Crippen molar-refractivity contribution in [3.63, 3.8) is 0 Å². The second-order valence-electron chi connectivity index (χ2n) is 3.19. The quantitative estimate of drug-likeness (QED) is 0.566. The summed E-state index contributed by atoms with van der Waals surface area (Å²) in [7, 11) is 0. The Hall–Kier alpha value is -1.05. The molecule has 0 saturated heterocycles. The minimum absolute atomic E-state index is 0.229. The molecule has 2 nitrogen and oxygen atoms in total. The first-order valence-electron chi connectivity index (χ1n) is 3.87. The van der Waals surface area contributed by atoms with Crippen LogP contribution in [0, 0.1) is 5.92 Å². The number of fused-ring (bicyclic) bond motifs is 1. The van der Waals surface area contributed by atoms with E-state index in [1.54, 1.807) is 12.3 Å². The van der Waals surface area contributed by atoms with Crippen LogP contribution in [0.4, 0.5) is 0 Å². The van der Waals surface area contributed by atoms with Gasteiger partial charge in [0.1, 0.15) is 5.76 Å². The van der Waals surface area contributed by atoms with E-state index in [2.05, 4.69) is 6.92 Å². The van der Waals surface area contributed by atoms with E-state index in [1.807, 2.05) is 0 Å². The predicted molar refractivity (Wildman–Crippen MR) is 40.5 cm³/mol. The predicted octanol–water partition coefficient (Wildman–Crippen LogP) is 2.04. The summed E-state index contributed by atoms with van der Waals surface area (Å²) in [6.07, 6.45) is 3.18. The minimum Gasteiger partial charge on any atom is -0.469 e. The number of hydrogen-bond donors (Lipinski definition) is 0. The summed E-state index contributed by atoms with van der Waals surface area (Å²) in [6, 6.07) is 1.77. The lowest BCUT2D eigenvalue weighted by Crippen LogP contribution is -2.15. The van der Waals surface area contributed by atoms with Crippen LogP contribution < -0.4 is 0 Å². The Morgan fingerprint density at radius 2 is 2.36 bits per heavy atom. The number of carbonyl (C=O) groups excluding carboxylic acids is 1. The van der Waals surface area contributed by atoms with Crippen LogP contribution in [0.25, 0.3) is 0 Å². The van der Waals surface area contributed by atoms with Crippen molar-refractivity contribution in [2.45, 2.75) is 19.8 Å². The van der Waals surface area contributed by atoms with Crippen LogP contribution in [0.3, 0.4) is 0 Å². The van der Waals surface area contributed by atoms with Gasteiger partial charge in [-0.25, -0.2) is 0 Å². The smallest absolute Gasteiger partial charge is 0.166 e. The van der Waals surface area contributed by atoms with Crippen molar-refractivity contribution in [1.29, 1.82) is 0 Å². The minimum atomic E-state index is 0.229. The lowest BCUT2D eigenvalue weighted by atomic mass is 9.89. The molecular weight excluding hydrogens is 140 g/mol. The van der Waals surface area contributed by atoms with Crippen LogP contribution in [-0.4, -0.2) is 5.78 Å². The number of rotatable bonds is 0. The number of ketones is 1. The van der Waals surface area contributed by atoms with Crippen molar-refractivity contribution in [3.8, 4) is 0 Å². The summed E-state index contributed by atoms with van der Waals surface area (Å²) in [6.45, 7) is 2.07. The van der Waals surface area contributed by atoms with Crippen molar-refractivity contribution in [2.75, 3.05) is 0 Å². The monoisotopic (exact) mass is 150 g/mol. The van der Waals surface area contributed by atoms with Crippen LogP contribution >= 0.6 is 0 Å². The summed E-state index contributed by atoms with van der Waals surface area (Å²) in [4.78, 5) is 11.3. The molecule has 1 aliphatic rings. The molecule has 1 aromatic heterocycles. The Morgan fingerprint density at radius 1 is 1.55 bits per heavy atom. The average Bonchev–Trinajstić information content (AvgIpc) is 2.34. The van der Waals surface area contributed by atoms with Crippen molar-refractivity contribution in [2.24, 2.45) is 5.92 Å². The second kappa shape index (κ2) is 2.22. The lowest BCUT2D eigenvalue weighted by Gasteiger charge is -2.14. The summed E-state index contributed by atoms with van der Waals surface area (Å²) in [5.41, 5.74) is 0.795. The van der Waals surface area contributed by atoms with Gasteiger partial charge in [-0.3, -0.25) is 4.79 Å². The molecule has 0 bridgehead atoms. The zero-order valence-electron chi connectivity index (χ0n) is 6.46. The maximum atomic E-state index is 11.3. The maximum Gasteiger partial charge on any atom is 0.166 e. The van der Waals surface area contributed by atoms with Crippen LogP contribution in [0.15, 0.2) is 16.7 Å². The first-order chi connectivity index (χ1) is 5.27. The summed E-state index contributed by atoms with van der Waals surface area (Å²) in [5, 5.41) is 0. The Morgan fingerprint density at radius 3 is 3.18 bits per heavy atom. The van der Waals surface area contributed by atoms with Crippen LogP contribution in [0.2, 0.25) is 0 Å². The average molecular weight is 150 g/mol. The molecule has 1 atom stereocenters. The van der Waals surface area contributed by atoms with Gasteiger partial charge in [0.2, 0.25) is 0 Å². The Kier molecular flexibility index (Phi) is 1.34. The fraction of sp³-hybridized carbons (Fsp3) is 0.444. The molecule has 0 fully saturated rings. The van der Waals surface area contributed by atoms with Gasteiger partial charge in [-0.15, -0.1) is 0 Å². The van der Waals surface area contributed by atoms with Gasteiger partial charge in [0.25, 0.3) is 0 Å². The van der Waals surface area contributed by atoms with E-state index in [4.69, 9.17) is 4.42 Å². The third kappa shape index (κ3) is 0.985. The van der Waals surface area contributed by atoms with Crippen molar-refractivity contribution >= 4 is 5.78 Å². The fourth-order valence-corrected chi connectivity index (χ4v) is 1.56. The van der Waals surface area contributed by atoms with Gasteiger partial charge >= 0.3 is 0 Å². The zero-order valence-corrected chi connectivity index (χ0v) is 6.46. The standard InChI is InChI=1S/C9H10O2/c1-6-4-8(10)7-2-3-11-9(7)5-6/h2-3,6H,4-5H2,1H3/t6-/m1/s1. The molecule has 0 saturated carbocycles. The molecule has 58 valence electrons. The van der Waals surface area contributed by atoms with Gasteiger partial charge in [-0.05, 0) is 12.0 Å².